The summed E-state index contributed by atoms with van der Waals surface area (Å²) in [5.41, 5.74) is 0. The molecule has 0 aliphatic rings. The van der Waals surface area contributed by atoms with Crippen molar-refractivity contribution in [1.29, 1.82) is 5.41 Å². The third-order valence-corrected chi connectivity index (χ3v) is 4.48. The van der Waals surface area contributed by atoms with E-state index in [4.69, 9.17) is 10.1 Å². The van der Waals surface area contributed by atoms with E-state index >= 15 is 0 Å². The smallest absolute Gasteiger partial charge is 0.226 e. The minimum atomic E-state index is 0.178. The lowest BCUT2D eigenvalue weighted by atomic mass is 10.5. The molecule has 0 unspecified atom stereocenters. The van der Waals surface area contributed by atoms with Crippen molar-refractivity contribution in [3.8, 4) is 0 Å². The van der Waals surface area contributed by atoms with Crippen molar-refractivity contribution in [3.63, 3.8) is 0 Å². The van der Waals surface area contributed by atoms with Gasteiger partial charge in [0.2, 0.25) is 5.90 Å². The fourth-order valence-electron chi connectivity index (χ4n) is 0.670. The molecule has 0 aliphatic heterocycles. The molecule has 0 saturated heterocycles. The van der Waals surface area contributed by atoms with Crippen LogP contribution in [0.15, 0.2) is 9.08 Å². The first-order valence-corrected chi connectivity index (χ1v) is 6.05. The van der Waals surface area contributed by atoms with Crippen molar-refractivity contribution in [2.24, 2.45) is 0 Å². The van der Waals surface area contributed by atoms with E-state index in [1.54, 1.807) is 0 Å². The fraction of sp³-hybridized carbons (Fsp3) is 0.429. The number of hydrogen-bond acceptors (Lipinski definition) is 4. The molecule has 1 heterocycles. The monoisotopic (exact) mass is 326 g/mol. The van der Waals surface area contributed by atoms with E-state index in [1.807, 2.05) is 6.92 Å². The van der Waals surface area contributed by atoms with Gasteiger partial charge < -0.3 is 4.74 Å². The van der Waals surface area contributed by atoms with Crippen molar-refractivity contribution < 1.29 is 4.74 Å². The Morgan fingerprint density at radius 3 is 2.77 bits per heavy atom. The molecular weight excluding hydrogens is 320 g/mol. The van der Waals surface area contributed by atoms with Crippen LogP contribution in [-0.2, 0) is 4.74 Å². The first-order chi connectivity index (χ1) is 6.16. The van der Waals surface area contributed by atoms with Crippen LogP contribution in [0.2, 0.25) is 0 Å². The van der Waals surface area contributed by atoms with Gasteiger partial charge in [-0.3, -0.25) is 5.41 Å². The molecule has 0 radical (unpaired) electrons. The van der Waals surface area contributed by atoms with Crippen LogP contribution in [0.4, 0.5) is 0 Å². The molecule has 1 N–H and O–H groups in total. The zero-order valence-electron chi connectivity index (χ0n) is 6.93. The summed E-state index contributed by atoms with van der Waals surface area (Å²) in [5, 5.41) is 7.58. The van der Waals surface area contributed by atoms with E-state index in [-0.39, 0.29) is 5.90 Å². The molecule has 6 heteroatoms. The molecule has 0 aliphatic carbocycles. The third kappa shape index (κ3) is 2.75. The number of ether oxygens (including phenoxy) is 1. The average molecular weight is 328 g/mol. The number of aromatic nitrogens is 1. The van der Waals surface area contributed by atoms with Gasteiger partial charge in [0.15, 0.2) is 0 Å². The topological polar surface area (TPSA) is 46.0 Å². The molecule has 0 amide bonds. The predicted octanol–water partition coefficient (Wildman–Crippen LogP) is 3.42. The molecule has 0 aromatic carbocycles. The fourth-order valence-corrected chi connectivity index (χ4v) is 2.40. The minimum Gasteiger partial charge on any atom is -0.477 e. The maximum absolute atomic E-state index is 7.58. The lowest BCUT2D eigenvalue weighted by Crippen LogP contribution is -2.04. The normalized spacial score (nSPS) is 10.1. The van der Waals surface area contributed by atoms with Crippen LogP contribution in [0.3, 0.4) is 0 Å². The number of nitrogens with zero attached hydrogens (tertiary/aromatic N) is 1. The Morgan fingerprint density at radius 2 is 2.31 bits per heavy atom. The van der Waals surface area contributed by atoms with Gasteiger partial charge in [-0.05, 0) is 49.8 Å². The Balaban J connectivity index is 2.71. The van der Waals surface area contributed by atoms with Crippen LogP contribution in [0.5, 0.6) is 0 Å². The lowest BCUT2D eigenvalue weighted by Gasteiger charge is -2.02. The molecule has 13 heavy (non-hydrogen) atoms. The summed E-state index contributed by atoms with van der Waals surface area (Å²) in [6.07, 6.45) is 0.903. The summed E-state index contributed by atoms with van der Waals surface area (Å²) in [7, 11) is 0. The van der Waals surface area contributed by atoms with Gasteiger partial charge in [-0.2, -0.15) is 4.37 Å². The van der Waals surface area contributed by atoms with Crippen molar-refractivity contribution >= 4 is 49.3 Å². The van der Waals surface area contributed by atoms with Gasteiger partial charge in [-0.25, -0.2) is 0 Å². The molecule has 72 valence electrons. The molecule has 1 aromatic heterocycles. The van der Waals surface area contributed by atoms with Gasteiger partial charge in [0, 0.05) is 0 Å². The van der Waals surface area contributed by atoms with E-state index in [0.717, 1.165) is 20.4 Å². The summed E-state index contributed by atoms with van der Waals surface area (Å²) in [4.78, 5) is 0.723. The Labute approximate surface area is 97.4 Å². The number of hydrogen-bond donors (Lipinski definition) is 1. The summed E-state index contributed by atoms with van der Waals surface area (Å²) in [5.74, 6) is 0.178. The Morgan fingerprint density at radius 1 is 1.62 bits per heavy atom. The molecule has 1 rings (SSSR count). The molecule has 0 fully saturated rings. The SMILES string of the molecule is CCCOC(=N)c1snc(Br)c1Br. The predicted molar refractivity (Wildman–Crippen MR) is 60.6 cm³/mol. The van der Waals surface area contributed by atoms with Crippen LogP contribution in [-0.4, -0.2) is 16.9 Å². The van der Waals surface area contributed by atoms with Crippen molar-refractivity contribution in [2.75, 3.05) is 6.61 Å². The minimum absolute atomic E-state index is 0.178. The molecule has 1 aromatic rings. The van der Waals surface area contributed by atoms with Crippen molar-refractivity contribution in [3.05, 3.63) is 14.0 Å². The highest BCUT2D eigenvalue weighted by Crippen LogP contribution is 2.29. The van der Waals surface area contributed by atoms with Gasteiger partial charge in [0.1, 0.15) is 9.48 Å². The Kier molecular flexibility index (Phi) is 4.34. The number of halogens is 2. The van der Waals surface area contributed by atoms with Gasteiger partial charge >= 0.3 is 0 Å². The van der Waals surface area contributed by atoms with E-state index in [1.165, 1.54) is 11.5 Å². The second-order valence-corrected chi connectivity index (χ2v) is 4.61. The van der Waals surface area contributed by atoms with Crippen molar-refractivity contribution in [1.82, 2.24) is 4.37 Å². The van der Waals surface area contributed by atoms with Gasteiger partial charge in [0.25, 0.3) is 0 Å². The van der Waals surface area contributed by atoms with Crippen LogP contribution < -0.4 is 0 Å². The lowest BCUT2D eigenvalue weighted by molar-refractivity contribution is 0.303. The molecule has 0 spiro atoms. The highest BCUT2D eigenvalue weighted by molar-refractivity contribution is 9.13. The first-order valence-electron chi connectivity index (χ1n) is 3.69. The molecule has 0 atom stereocenters. The van der Waals surface area contributed by atoms with Crippen LogP contribution in [0.25, 0.3) is 0 Å². The zero-order chi connectivity index (χ0) is 9.84. The second kappa shape index (κ2) is 5.07. The largest absolute Gasteiger partial charge is 0.477 e. The highest BCUT2D eigenvalue weighted by Gasteiger charge is 2.14. The van der Waals surface area contributed by atoms with Crippen LogP contribution in [0.1, 0.15) is 18.2 Å². The molecule has 0 saturated carbocycles. The van der Waals surface area contributed by atoms with Gasteiger partial charge in [-0.1, -0.05) is 6.92 Å². The van der Waals surface area contributed by atoms with E-state index < -0.39 is 0 Å². The highest BCUT2D eigenvalue weighted by atomic mass is 79.9. The first kappa shape index (κ1) is 11.1. The second-order valence-electron chi connectivity index (χ2n) is 2.29. The van der Waals surface area contributed by atoms with E-state index in [2.05, 4.69) is 36.2 Å². The molecule has 3 nitrogen and oxygen atoms in total. The summed E-state index contributed by atoms with van der Waals surface area (Å²) < 4.78 is 10.7. The van der Waals surface area contributed by atoms with Crippen LogP contribution >= 0.6 is 43.4 Å². The van der Waals surface area contributed by atoms with E-state index in [0.29, 0.717) is 6.61 Å². The number of rotatable bonds is 3. The summed E-state index contributed by atoms with van der Waals surface area (Å²) in [6.45, 7) is 2.58. The Bertz CT molecular complexity index is 313. The van der Waals surface area contributed by atoms with E-state index in [9.17, 15) is 0 Å². The third-order valence-electron chi connectivity index (χ3n) is 1.25. The Hall–Kier alpha value is 0.0600. The standard InChI is InChI=1S/C7H8Br2N2OS/c1-2-3-12-7(10)5-4(8)6(9)11-13-5/h10H,2-3H2,1H3. The van der Waals surface area contributed by atoms with Gasteiger partial charge in [0.05, 0.1) is 11.1 Å². The maximum atomic E-state index is 7.58. The number of nitrogens with one attached hydrogen (secondary N) is 1. The zero-order valence-corrected chi connectivity index (χ0v) is 10.9. The quantitative estimate of drug-likeness (QED) is 0.683. The maximum Gasteiger partial charge on any atom is 0.226 e. The molecular formula is C7H8Br2N2OS. The van der Waals surface area contributed by atoms with Crippen LogP contribution in [0, 0.1) is 5.41 Å². The summed E-state index contributed by atoms with van der Waals surface area (Å²) >= 11 is 7.82. The molecule has 0 bridgehead atoms. The van der Waals surface area contributed by atoms with Crippen molar-refractivity contribution in [2.45, 2.75) is 13.3 Å². The average Bonchev–Trinajstić information content (AvgIpc) is 2.44. The van der Waals surface area contributed by atoms with Gasteiger partial charge in [-0.15, -0.1) is 0 Å². The summed E-state index contributed by atoms with van der Waals surface area (Å²) in [6, 6.07) is 0.